The number of aliphatic hydroxyl groups is 1. The molecule has 1 aliphatic rings. The van der Waals surface area contributed by atoms with Gasteiger partial charge in [-0.25, -0.2) is 4.98 Å². The van der Waals surface area contributed by atoms with Gasteiger partial charge in [0.1, 0.15) is 10.4 Å². The lowest BCUT2D eigenvalue weighted by Crippen LogP contribution is -2.52. The summed E-state index contributed by atoms with van der Waals surface area (Å²) in [6.07, 6.45) is -0.264. The molecule has 2 atom stereocenters. The number of hydrogen-bond donors (Lipinski definition) is 2. The van der Waals surface area contributed by atoms with Gasteiger partial charge in [-0.3, -0.25) is 9.80 Å². The molecule has 1 aliphatic heterocycles. The zero-order chi connectivity index (χ0) is 14.7. The molecule has 1 aromatic heterocycles. The summed E-state index contributed by atoms with van der Waals surface area (Å²) in [4.78, 5) is 8.97. The van der Waals surface area contributed by atoms with E-state index in [4.69, 9.17) is 5.73 Å². The first-order valence-electron chi connectivity index (χ1n) is 7.01. The van der Waals surface area contributed by atoms with E-state index in [-0.39, 0.29) is 6.10 Å². The van der Waals surface area contributed by atoms with Gasteiger partial charge in [-0.2, -0.15) is 0 Å². The van der Waals surface area contributed by atoms with Crippen molar-refractivity contribution < 1.29 is 5.11 Å². The SMILES string of the molecule is CC(O)CN1CCN(Cc2ccc(Br)nc2N)C(C)C1. The fourth-order valence-corrected chi connectivity index (χ4v) is 3.00. The molecule has 0 aliphatic carbocycles. The summed E-state index contributed by atoms with van der Waals surface area (Å²) in [5.41, 5.74) is 7.04. The van der Waals surface area contributed by atoms with Crippen molar-refractivity contribution in [2.45, 2.75) is 32.5 Å². The van der Waals surface area contributed by atoms with Crippen molar-refractivity contribution in [2.24, 2.45) is 0 Å². The molecule has 2 rings (SSSR count). The highest BCUT2D eigenvalue weighted by Crippen LogP contribution is 2.19. The molecule has 0 spiro atoms. The Balaban J connectivity index is 1.94. The standard InChI is InChI=1S/C14H23BrN4O/c1-10-7-18(8-11(2)20)5-6-19(10)9-12-3-4-13(15)17-14(12)16/h3-4,10-11,20H,5-9H2,1-2H3,(H2,16,17). The first kappa shape index (κ1) is 15.7. The molecule has 6 heteroatoms. The molecule has 0 radical (unpaired) electrons. The number of nitrogens with zero attached hydrogens (tertiary/aromatic N) is 3. The number of hydrogen-bond acceptors (Lipinski definition) is 5. The predicted molar refractivity (Wildman–Crippen MR) is 84.3 cm³/mol. The molecular formula is C14H23BrN4O. The third-order valence-electron chi connectivity index (χ3n) is 3.72. The van der Waals surface area contributed by atoms with Crippen LogP contribution in [-0.2, 0) is 6.54 Å². The minimum atomic E-state index is -0.264. The molecular weight excluding hydrogens is 320 g/mol. The molecule has 1 fully saturated rings. The van der Waals surface area contributed by atoms with Gasteiger partial charge in [0.05, 0.1) is 6.10 Å². The molecule has 5 nitrogen and oxygen atoms in total. The molecule has 1 saturated heterocycles. The van der Waals surface area contributed by atoms with Crippen LogP contribution in [0, 0.1) is 0 Å². The average molecular weight is 343 g/mol. The lowest BCUT2D eigenvalue weighted by molar-refractivity contribution is 0.0473. The molecule has 2 heterocycles. The predicted octanol–water partition coefficient (Wildman–Crippen LogP) is 1.31. The maximum absolute atomic E-state index is 9.47. The van der Waals surface area contributed by atoms with Crippen LogP contribution in [0.3, 0.4) is 0 Å². The third kappa shape index (κ3) is 4.15. The van der Waals surface area contributed by atoms with Crippen LogP contribution in [0.5, 0.6) is 0 Å². The average Bonchev–Trinajstić information content (AvgIpc) is 2.34. The summed E-state index contributed by atoms with van der Waals surface area (Å²) in [5, 5.41) is 9.47. The van der Waals surface area contributed by atoms with Crippen molar-refractivity contribution in [3.8, 4) is 0 Å². The number of aliphatic hydroxyl groups excluding tert-OH is 1. The molecule has 20 heavy (non-hydrogen) atoms. The minimum Gasteiger partial charge on any atom is -0.392 e. The Bertz CT molecular complexity index is 455. The van der Waals surface area contributed by atoms with Crippen LogP contribution in [0.2, 0.25) is 0 Å². The largest absolute Gasteiger partial charge is 0.392 e. The first-order valence-corrected chi connectivity index (χ1v) is 7.80. The van der Waals surface area contributed by atoms with Crippen molar-refractivity contribution >= 4 is 21.7 Å². The number of piperazine rings is 1. The maximum atomic E-state index is 9.47. The Labute approximate surface area is 128 Å². The normalized spacial score (nSPS) is 22.9. The van der Waals surface area contributed by atoms with E-state index < -0.39 is 0 Å². The van der Waals surface area contributed by atoms with Gasteiger partial charge in [-0.15, -0.1) is 0 Å². The van der Waals surface area contributed by atoms with Crippen LogP contribution >= 0.6 is 15.9 Å². The Morgan fingerprint density at radius 1 is 1.50 bits per heavy atom. The van der Waals surface area contributed by atoms with E-state index in [1.165, 1.54) is 0 Å². The van der Waals surface area contributed by atoms with E-state index >= 15 is 0 Å². The van der Waals surface area contributed by atoms with Gasteiger partial charge in [-0.1, -0.05) is 6.07 Å². The number of β-amino-alcohol motifs (C(OH)–C–C–N with tert-alkyl or cyclic N) is 1. The van der Waals surface area contributed by atoms with Crippen LogP contribution in [-0.4, -0.2) is 58.2 Å². The lowest BCUT2D eigenvalue weighted by Gasteiger charge is -2.40. The van der Waals surface area contributed by atoms with Gasteiger partial charge >= 0.3 is 0 Å². The number of anilines is 1. The molecule has 3 N–H and O–H groups in total. The van der Waals surface area contributed by atoms with Crippen LogP contribution in [0.15, 0.2) is 16.7 Å². The Hall–Kier alpha value is -0.690. The zero-order valence-electron chi connectivity index (χ0n) is 12.1. The van der Waals surface area contributed by atoms with Gasteiger partial charge in [0.15, 0.2) is 0 Å². The molecule has 1 aromatic rings. The Kier molecular flexibility index (Phi) is 5.37. The first-order chi connectivity index (χ1) is 9.45. The highest BCUT2D eigenvalue weighted by Gasteiger charge is 2.24. The monoisotopic (exact) mass is 342 g/mol. The second kappa shape index (κ2) is 6.85. The summed E-state index contributed by atoms with van der Waals surface area (Å²) < 4.78 is 0.772. The highest BCUT2D eigenvalue weighted by atomic mass is 79.9. The van der Waals surface area contributed by atoms with Gasteiger partial charge in [0, 0.05) is 44.3 Å². The van der Waals surface area contributed by atoms with E-state index in [2.05, 4.69) is 37.6 Å². The van der Waals surface area contributed by atoms with Crippen molar-refractivity contribution in [1.29, 1.82) is 0 Å². The molecule has 2 unspecified atom stereocenters. The zero-order valence-corrected chi connectivity index (χ0v) is 13.7. The second-order valence-electron chi connectivity index (χ2n) is 5.61. The van der Waals surface area contributed by atoms with Crippen LogP contribution < -0.4 is 5.73 Å². The lowest BCUT2D eigenvalue weighted by atomic mass is 10.1. The van der Waals surface area contributed by atoms with E-state index in [0.717, 1.165) is 42.9 Å². The molecule has 0 amide bonds. The second-order valence-corrected chi connectivity index (χ2v) is 6.42. The van der Waals surface area contributed by atoms with Crippen LogP contribution in [0.1, 0.15) is 19.4 Å². The fourth-order valence-electron chi connectivity index (χ4n) is 2.68. The van der Waals surface area contributed by atoms with E-state index in [1.54, 1.807) is 0 Å². The van der Waals surface area contributed by atoms with Gasteiger partial charge in [0.2, 0.25) is 0 Å². The number of nitrogen functional groups attached to an aromatic ring is 1. The summed E-state index contributed by atoms with van der Waals surface area (Å²) in [6.45, 7) is 8.59. The summed E-state index contributed by atoms with van der Waals surface area (Å²) >= 11 is 3.33. The fraction of sp³-hybridized carbons (Fsp3) is 0.643. The Morgan fingerprint density at radius 2 is 2.25 bits per heavy atom. The van der Waals surface area contributed by atoms with Crippen molar-refractivity contribution in [3.63, 3.8) is 0 Å². The quantitative estimate of drug-likeness (QED) is 0.807. The minimum absolute atomic E-state index is 0.264. The molecule has 0 saturated carbocycles. The topological polar surface area (TPSA) is 65.6 Å². The molecule has 112 valence electrons. The van der Waals surface area contributed by atoms with Crippen molar-refractivity contribution in [2.75, 3.05) is 31.9 Å². The van der Waals surface area contributed by atoms with Gasteiger partial charge in [0.25, 0.3) is 0 Å². The van der Waals surface area contributed by atoms with Crippen LogP contribution in [0.4, 0.5) is 5.82 Å². The van der Waals surface area contributed by atoms with Crippen molar-refractivity contribution in [3.05, 3.63) is 22.3 Å². The Morgan fingerprint density at radius 3 is 2.85 bits per heavy atom. The van der Waals surface area contributed by atoms with Gasteiger partial charge in [-0.05, 0) is 35.8 Å². The number of nitrogens with two attached hydrogens (primary N) is 1. The van der Waals surface area contributed by atoms with Crippen molar-refractivity contribution in [1.82, 2.24) is 14.8 Å². The van der Waals surface area contributed by atoms with E-state index in [0.29, 0.717) is 11.9 Å². The number of halogens is 1. The summed E-state index contributed by atoms with van der Waals surface area (Å²) in [5.74, 6) is 0.595. The third-order valence-corrected chi connectivity index (χ3v) is 4.17. The molecule has 0 aromatic carbocycles. The number of aromatic nitrogens is 1. The van der Waals surface area contributed by atoms with E-state index in [9.17, 15) is 5.11 Å². The van der Waals surface area contributed by atoms with Crippen LogP contribution in [0.25, 0.3) is 0 Å². The number of rotatable bonds is 4. The number of pyridine rings is 1. The van der Waals surface area contributed by atoms with E-state index in [1.807, 2.05) is 19.1 Å². The maximum Gasteiger partial charge on any atom is 0.129 e. The summed E-state index contributed by atoms with van der Waals surface area (Å²) in [7, 11) is 0. The smallest absolute Gasteiger partial charge is 0.129 e. The summed E-state index contributed by atoms with van der Waals surface area (Å²) in [6, 6.07) is 4.41. The highest BCUT2D eigenvalue weighted by molar-refractivity contribution is 9.10. The molecule has 0 bridgehead atoms. The van der Waals surface area contributed by atoms with Gasteiger partial charge < -0.3 is 10.8 Å².